The molecule has 20 heavy (non-hydrogen) atoms. The number of benzene rings is 1. The third-order valence-electron chi connectivity index (χ3n) is 2.61. The van der Waals surface area contributed by atoms with Gasteiger partial charge in [-0.05, 0) is 24.3 Å². The number of carbonyl (C=O) groups excluding carboxylic acids is 1. The number of furan rings is 1. The Morgan fingerprint density at radius 1 is 1.20 bits per heavy atom. The molecule has 0 fully saturated rings. The molecule has 1 N–H and O–H groups in total. The fraction of sp³-hybridized carbons (Fsp3) is 0. The Bertz CT molecular complexity index is 720. The van der Waals surface area contributed by atoms with Crippen molar-refractivity contribution in [3.05, 3.63) is 58.2 Å². The van der Waals surface area contributed by atoms with Crippen LogP contribution in [0.5, 0.6) is 0 Å². The van der Waals surface area contributed by atoms with Crippen LogP contribution < -0.4 is 5.32 Å². The van der Waals surface area contributed by atoms with Gasteiger partial charge in [0.25, 0.3) is 5.91 Å². The number of halogens is 1. The van der Waals surface area contributed by atoms with E-state index in [1.807, 2.05) is 24.3 Å². The van der Waals surface area contributed by atoms with Crippen LogP contribution in [-0.2, 0) is 0 Å². The summed E-state index contributed by atoms with van der Waals surface area (Å²) in [6.07, 6.45) is 1.63. The highest BCUT2D eigenvalue weighted by molar-refractivity contribution is 9.10. The van der Waals surface area contributed by atoms with Crippen LogP contribution in [0, 0.1) is 0 Å². The highest BCUT2D eigenvalue weighted by atomic mass is 79.9. The number of rotatable bonds is 3. The molecule has 4 nitrogen and oxygen atoms in total. The summed E-state index contributed by atoms with van der Waals surface area (Å²) in [6.45, 7) is 0. The molecule has 2 heterocycles. The van der Waals surface area contributed by atoms with E-state index in [4.69, 9.17) is 4.42 Å². The smallest absolute Gasteiger partial charge is 0.293 e. The van der Waals surface area contributed by atoms with Crippen molar-refractivity contribution in [2.45, 2.75) is 0 Å². The molecule has 0 saturated heterocycles. The number of amides is 1. The number of nitrogens with zero attached hydrogens (tertiary/aromatic N) is 1. The Balaban J connectivity index is 1.79. The maximum atomic E-state index is 12.0. The van der Waals surface area contributed by atoms with Crippen LogP contribution in [0.2, 0.25) is 0 Å². The molecule has 0 atom stereocenters. The van der Waals surface area contributed by atoms with E-state index < -0.39 is 0 Å². The van der Waals surface area contributed by atoms with E-state index in [1.165, 1.54) is 11.3 Å². The molecule has 0 aliphatic carbocycles. The van der Waals surface area contributed by atoms with Gasteiger partial charge in [0, 0.05) is 21.6 Å². The van der Waals surface area contributed by atoms with Crippen LogP contribution in [0.3, 0.4) is 0 Å². The summed E-state index contributed by atoms with van der Waals surface area (Å²) in [7, 11) is 0. The molecule has 0 aliphatic rings. The van der Waals surface area contributed by atoms with E-state index in [2.05, 4.69) is 26.2 Å². The zero-order valence-electron chi connectivity index (χ0n) is 10.2. The van der Waals surface area contributed by atoms with Gasteiger partial charge >= 0.3 is 0 Å². The molecule has 1 amide bonds. The Hall–Kier alpha value is -1.92. The Kier molecular flexibility index (Phi) is 3.66. The van der Waals surface area contributed by atoms with E-state index in [9.17, 15) is 4.79 Å². The van der Waals surface area contributed by atoms with Gasteiger partial charge in [-0.3, -0.25) is 10.1 Å². The standard InChI is InChI=1S/C14H9BrN2O2S/c15-10-3-1-9(2-4-10)11-5-6-12(19-11)13(18)17-14-16-7-8-20-14/h1-8H,(H,16,17,18). The molecule has 0 aliphatic heterocycles. The molecular formula is C14H9BrN2O2S. The number of thiazole rings is 1. The van der Waals surface area contributed by atoms with Gasteiger partial charge in [-0.15, -0.1) is 11.3 Å². The van der Waals surface area contributed by atoms with Crippen LogP contribution in [0.25, 0.3) is 11.3 Å². The average Bonchev–Trinajstić information content (AvgIpc) is 3.10. The topological polar surface area (TPSA) is 55.1 Å². The lowest BCUT2D eigenvalue weighted by Gasteiger charge is -1.99. The van der Waals surface area contributed by atoms with Gasteiger partial charge in [-0.25, -0.2) is 4.98 Å². The summed E-state index contributed by atoms with van der Waals surface area (Å²) in [5.74, 6) is 0.614. The number of aromatic nitrogens is 1. The SMILES string of the molecule is O=C(Nc1nccs1)c1ccc(-c2ccc(Br)cc2)o1. The molecule has 6 heteroatoms. The summed E-state index contributed by atoms with van der Waals surface area (Å²) >= 11 is 4.74. The summed E-state index contributed by atoms with van der Waals surface area (Å²) in [5.41, 5.74) is 0.918. The van der Waals surface area contributed by atoms with Crippen molar-refractivity contribution in [2.75, 3.05) is 5.32 Å². The molecule has 0 radical (unpaired) electrons. The molecule has 0 unspecified atom stereocenters. The van der Waals surface area contributed by atoms with E-state index in [0.29, 0.717) is 10.9 Å². The molecular weight excluding hydrogens is 340 g/mol. The lowest BCUT2D eigenvalue weighted by atomic mass is 10.2. The second-order valence-electron chi connectivity index (χ2n) is 3.96. The Morgan fingerprint density at radius 2 is 2.00 bits per heavy atom. The van der Waals surface area contributed by atoms with Crippen LogP contribution in [0.1, 0.15) is 10.6 Å². The molecule has 3 rings (SSSR count). The van der Waals surface area contributed by atoms with Crippen LogP contribution in [0.15, 0.2) is 56.9 Å². The van der Waals surface area contributed by atoms with Gasteiger partial charge < -0.3 is 4.42 Å². The molecule has 0 spiro atoms. The predicted molar refractivity (Wildman–Crippen MR) is 81.9 cm³/mol. The highest BCUT2D eigenvalue weighted by Gasteiger charge is 2.13. The summed E-state index contributed by atoms with van der Waals surface area (Å²) in [5, 5.41) is 5.03. The number of hydrogen-bond acceptors (Lipinski definition) is 4. The minimum Gasteiger partial charge on any atom is -0.451 e. The summed E-state index contributed by atoms with van der Waals surface area (Å²) in [6, 6.07) is 11.1. The third kappa shape index (κ3) is 2.81. The van der Waals surface area contributed by atoms with Gasteiger partial charge in [0.1, 0.15) is 5.76 Å². The van der Waals surface area contributed by atoms with E-state index in [1.54, 1.807) is 23.7 Å². The Morgan fingerprint density at radius 3 is 2.70 bits per heavy atom. The molecule has 100 valence electrons. The van der Waals surface area contributed by atoms with Gasteiger partial charge in [0.2, 0.25) is 0 Å². The summed E-state index contributed by atoms with van der Waals surface area (Å²) < 4.78 is 6.56. The second-order valence-corrected chi connectivity index (χ2v) is 5.77. The molecule has 3 aromatic rings. The maximum absolute atomic E-state index is 12.0. The monoisotopic (exact) mass is 348 g/mol. The van der Waals surface area contributed by atoms with Crippen molar-refractivity contribution in [2.24, 2.45) is 0 Å². The van der Waals surface area contributed by atoms with Gasteiger partial charge in [-0.2, -0.15) is 0 Å². The quantitative estimate of drug-likeness (QED) is 0.762. The lowest BCUT2D eigenvalue weighted by molar-refractivity contribution is 0.0997. The largest absolute Gasteiger partial charge is 0.451 e. The fourth-order valence-electron chi connectivity index (χ4n) is 1.67. The van der Waals surface area contributed by atoms with Crippen LogP contribution in [-0.4, -0.2) is 10.9 Å². The Labute approximate surface area is 127 Å². The minimum atomic E-state index is -0.302. The number of hydrogen-bond donors (Lipinski definition) is 1. The lowest BCUT2D eigenvalue weighted by Crippen LogP contribution is -2.10. The van der Waals surface area contributed by atoms with Crippen molar-refractivity contribution < 1.29 is 9.21 Å². The number of anilines is 1. The summed E-state index contributed by atoms with van der Waals surface area (Å²) in [4.78, 5) is 16.0. The first-order valence-electron chi connectivity index (χ1n) is 5.79. The molecule has 2 aromatic heterocycles. The zero-order chi connectivity index (χ0) is 13.9. The van der Waals surface area contributed by atoms with Crippen molar-refractivity contribution in [1.82, 2.24) is 4.98 Å². The van der Waals surface area contributed by atoms with E-state index in [-0.39, 0.29) is 11.7 Å². The van der Waals surface area contributed by atoms with Gasteiger partial charge in [-0.1, -0.05) is 28.1 Å². The van der Waals surface area contributed by atoms with Crippen molar-refractivity contribution in [3.8, 4) is 11.3 Å². The molecule has 0 bridgehead atoms. The molecule has 0 saturated carbocycles. The van der Waals surface area contributed by atoms with Gasteiger partial charge in [0.15, 0.2) is 10.9 Å². The predicted octanol–water partition coefficient (Wildman–Crippen LogP) is 4.42. The zero-order valence-corrected chi connectivity index (χ0v) is 12.6. The van der Waals surface area contributed by atoms with Crippen LogP contribution in [0.4, 0.5) is 5.13 Å². The molecule has 1 aromatic carbocycles. The van der Waals surface area contributed by atoms with Crippen molar-refractivity contribution >= 4 is 38.3 Å². The first kappa shape index (κ1) is 13.1. The first-order valence-corrected chi connectivity index (χ1v) is 7.46. The average molecular weight is 349 g/mol. The van der Waals surface area contributed by atoms with Crippen molar-refractivity contribution in [1.29, 1.82) is 0 Å². The normalized spacial score (nSPS) is 10.4. The second kappa shape index (κ2) is 5.60. The first-order chi connectivity index (χ1) is 9.72. The number of nitrogens with one attached hydrogen (secondary N) is 1. The number of carbonyl (C=O) groups is 1. The maximum Gasteiger partial charge on any atom is 0.293 e. The van der Waals surface area contributed by atoms with Gasteiger partial charge in [0.05, 0.1) is 0 Å². The minimum absolute atomic E-state index is 0.262. The van der Waals surface area contributed by atoms with E-state index in [0.717, 1.165) is 10.0 Å². The van der Waals surface area contributed by atoms with E-state index >= 15 is 0 Å². The van der Waals surface area contributed by atoms with Crippen molar-refractivity contribution in [3.63, 3.8) is 0 Å². The highest BCUT2D eigenvalue weighted by Crippen LogP contribution is 2.24. The van der Waals surface area contributed by atoms with Crippen LogP contribution >= 0.6 is 27.3 Å². The fourth-order valence-corrected chi connectivity index (χ4v) is 2.46. The third-order valence-corrected chi connectivity index (χ3v) is 3.83.